The third kappa shape index (κ3) is 6.40. The number of nitrogens with zero attached hydrogens (tertiary/aromatic N) is 1. The first-order chi connectivity index (χ1) is 14.1. The lowest BCUT2D eigenvalue weighted by molar-refractivity contribution is -0.156. The van der Waals surface area contributed by atoms with E-state index in [0.717, 1.165) is 12.1 Å². The van der Waals surface area contributed by atoms with Crippen molar-refractivity contribution in [3.8, 4) is 0 Å². The van der Waals surface area contributed by atoms with Gasteiger partial charge in [-0.1, -0.05) is 37.0 Å². The average molecular weight is 456 g/mol. The molecule has 2 rings (SSSR count). The second kappa shape index (κ2) is 10.4. The van der Waals surface area contributed by atoms with Crippen molar-refractivity contribution < 1.29 is 23.5 Å². The van der Waals surface area contributed by atoms with E-state index in [1.165, 1.54) is 31.3 Å². The molecule has 0 saturated heterocycles. The van der Waals surface area contributed by atoms with Crippen molar-refractivity contribution in [3.05, 3.63) is 58.0 Å². The maximum atomic E-state index is 13.0. The number of hydrogen-bond acceptors (Lipinski definition) is 5. The van der Waals surface area contributed by atoms with E-state index in [2.05, 4.69) is 15.6 Å². The minimum atomic E-state index is -1.19. The van der Waals surface area contributed by atoms with Crippen LogP contribution in [-0.2, 0) is 14.3 Å². The summed E-state index contributed by atoms with van der Waals surface area (Å²) in [4.78, 5) is 41.1. The van der Waals surface area contributed by atoms with Crippen LogP contribution in [0, 0.1) is 11.7 Å². The molecule has 0 spiro atoms. The number of halogens is 3. The van der Waals surface area contributed by atoms with Crippen LogP contribution in [0.4, 0.5) is 10.2 Å². The summed E-state index contributed by atoms with van der Waals surface area (Å²) in [7, 11) is 0. The number of carbonyl (C=O) groups is 3. The zero-order chi connectivity index (χ0) is 22.4. The monoisotopic (exact) mass is 455 g/mol. The summed E-state index contributed by atoms with van der Waals surface area (Å²) in [5.41, 5.74) is 0.184. The van der Waals surface area contributed by atoms with E-state index in [1.54, 1.807) is 13.8 Å². The van der Waals surface area contributed by atoms with Crippen LogP contribution in [0.25, 0.3) is 0 Å². The van der Waals surface area contributed by atoms with Gasteiger partial charge in [0.2, 0.25) is 0 Å². The number of carbonyl (C=O) groups excluding carboxylic acids is 3. The van der Waals surface area contributed by atoms with Gasteiger partial charge in [0.25, 0.3) is 11.8 Å². The summed E-state index contributed by atoms with van der Waals surface area (Å²) in [6.07, 6.45) is 0.120. The Bertz CT molecular complexity index is 938. The van der Waals surface area contributed by atoms with Crippen molar-refractivity contribution in [3.63, 3.8) is 0 Å². The van der Waals surface area contributed by atoms with Crippen molar-refractivity contribution in [1.82, 2.24) is 10.3 Å². The highest BCUT2D eigenvalue weighted by Crippen LogP contribution is 2.22. The zero-order valence-corrected chi connectivity index (χ0v) is 17.9. The van der Waals surface area contributed by atoms with E-state index < -0.39 is 35.7 Å². The van der Waals surface area contributed by atoms with Crippen molar-refractivity contribution in [2.24, 2.45) is 5.92 Å². The molecule has 0 unspecified atom stereocenters. The molecule has 0 radical (unpaired) electrons. The van der Waals surface area contributed by atoms with Crippen molar-refractivity contribution >= 4 is 46.8 Å². The van der Waals surface area contributed by atoms with E-state index in [-0.39, 0.29) is 22.3 Å². The zero-order valence-electron chi connectivity index (χ0n) is 16.4. The van der Waals surface area contributed by atoms with Crippen molar-refractivity contribution in [2.45, 2.75) is 32.9 Å². The Balaban J connectivity index is 2.01. The summed E-state index contributed by atoms with van der Waals surface area (Å²) >= 11 is 11.7. The molecule has 0 aliphatic carbocycles. The molecular formula is C20H20Cl2FN3O4. The number of amides is 2. The van der Waals surface area contributed by atoms with Gasteiger partial charge in [-0.25, -0.2) is 14.2 Å². The van der Waals surface area contributed by atoms with Crippen LogP contribution in [0.2, 0.25) is 10.0 Å². The van der Waals surface area contributed by atoms with E-state index in [0.29, 0.717) is 5.02 Å². The molecule has 0 aliphatic rings. The van der Waals surface area contributed by atoms with Gasteiger partial charge < -0.3 is 15.4 Å². The van der Waals surface area contributed by atoms with Gasteiger partial charge in [0.15, 0.2) is 11.9 Å². The predicted molar refractivity (Wildman–Crippen MR) is 111 cm³/mol. The number of benzene rings is 1. The molecule has 1 aromatic heterocycles. The van der Waals surface area contributed by atoms with Crippen LogP contribution in [0.3, 0.4) is 0 Å². The van der Waals surface area contributed by atoms with Crippen LogP contribution < -0.4 is 10.6 Å². The fourth-order valence-corrected chi connectivity index (χ4v) is 2.78. The van der Waals surface area contributed by atoms with Gasteiger partial charge in [-0.2, -0.15) is 0 Å². The van der Waals surface area contributed by atoms with Crippen LogP contribution in [0.5, 0.6) is 0 Å². The summed E-state index contributed by atoms with van der Waals surface area (Å²) in [6, 6.07) is 5.26. The number of nitrogens with one attached hydrogen (secondary N) is 2. The molecule has 2 N–H and O–H groups in total. The Morgan fingerprint density at radius 2 is 1.73 bits per heavy atom. The first-order valence-electron chi connectivity index (χ1n) is 8.97. The van der Waals surface area contributed by atoms with Gasteiger partial charge >= 0.3 is 5.97 Å². The summed E-state index contributed by atoms with van der Waals surface area (Å²) in [5, 5.41) is 5.41. The van der Waals surface area contributed by atoms with Gasteiger partial charge in [-0.05, 0) is 43.2 Å². The van der Waals surface area contributed by atoms with E-state index >= 15 is 0 Å². The predicted octanol–water partition coefficient (Wildman–Crippen LogP) is 3.85. The van der Waals surface area contributed by atoms with Gasteiger partial charge in [-0.3, -0.25) is 9.59 Å². The quantitative estimate of drug-likeness (QED) is 0.617. The van der Waals surface area contributed by atoms with Gasteiger partial charge in [0.05, 0.1) is 10.0 Å². The SMILES string of the molecule is CC(C)[C@H](NC(=O)c1ccc(F)cc1)C(=O)O[C@@H](C)C(=O)Nc1ncc(Cl)cc1Cl. The molecule has 30 heavy (non-hydrogen) atoms. The summed E-state index contributed by atoms with van der Waals surface area (Å²) in [5.74, 6) is -2.77. The number of aromatic nitrogens is 1. The Labute approximate surface area is 182 Å². The maximum Gasteiger partial charge on any atom is 0.329 e. The molecule has 0 bridgehead atoms. The Morgan fingerprint density at radius 3 is 2.30 bits per heavy atom. The normalized spacial score (nSPS) is 12.8. The largest absolute Gasteiger partial charge is 0.451 e. The fraction of sp³-hybridized carbons (Fsp3) is 0.300. The number of esters is 1. The van der Waals surface area contributed by atoms with Crippen LogP contribution in [0.1, 0.15) is 31.1 Å². The molecule has 0 aliphatic heterocycles. The number of rotatable bonds is 7. The van der Waals surface area contributed by atoms with E-state index in [1.807, 2.05) is 0 Å². The lowest BCUT2D eigenvalue weighted by Gasteiger charge is -2.23. The minimum absolute atomic E-state index is 0.0685. The molecule has 2 atom stereocenters. The summed E-state index contributed by atoms with van der Waals surface area (Å²) < 4.78 is 18.2. The Kier molecular flexibility index (Phi) is 8.14. The summed E-state index contributed by atoms with van der Waals surface area (Å²) in [6.45, 7) is 4.79. The highest BCUT2D eigenvalue weighted by atomic mass is 35.5. The molecular weight excluding hydrogens is 436 g/mol. The fourth-order valence-electron chi connectivity index (χ4n) is 2.35. The third-order valence-corrected chi connectivity index (χ3v) is 4.52. The molecule has 10 heteroatoms. The van der Waals surface area contributed by atoms with E-state index in [9.17, 15) is 18.8 Å². The molecule has 7 nitrogen and oxygen atoms in total. The molecule has 0 saturated carbocycles. The van der Waals surface area contributed by atoms with Gasteiger partial charge in [0, 0.05) is 11.8 Å². The number of ether oxygens (including phenoxy) is 1. The first kappa shape index (κ1) is 23.6. The van der Waals surface area contributed by atoms with Crippen LogP contribution in [0.15, 0.2) is 36.5 Å². The Morgan fingerprint density at radius 1 is 1.10 bits per heavy atom. The lowest BCUT2D eigenvalue weighted by Crippen LogP contribution is -2.47. The van der Waals surface area contributed by atoms with Gasteiger partial charge in [-0.15, -0.1) is 0 Å². The molecule has 0 fully saturated rings. The Hall–Kier alpha value is -2.71. The molecule has 1 aromatic carbocycles. The molecule has 160 valence electrons. The van der Waals surface area contributed by atoms with Crippen molar-refractivity contribution in [1.29, 1.82) is 0 Å². The molecule has 1 heterocycles. The highest BCUT2D eigenvalue weighted by Gasteiger charge is 2.29. The van der Waals surface area contributed by atoms with Crippen LogP contribution in [-0.4, -0.2) is 34.9 Å². The minimum Gasteiger partial charge on any atom is -0.451 e. The number of anilines is 1. The molecule has 2 amide bonds. The maximum absolute atomic E-state index is 13.0. The molecule has 2 aromatic rings. The number of pyridine rings is 1. The third-order valence-electron chi connectivity index (χ3n) is 4.03. The smallest absolute Gasteiger partial charge is 0.329 e. The standard InChI is InChI=1S/C20H20Cl2FN3O4/c1-10(2)16(25-19(28)12-4-6-14(23)7-5-12)20(29)30-11(3)18(27)26-17-15(22)8-13(21)9-24-17/h4-11,16H,1-3H3,(H,25,28)(H,24,26,27)/t11-,16-/m0/s1. The average Bonchev–Trinajstić information content (AvgIpc) is 2.68. The van der Waals surface area contributed by atoms with Crippen LogP contribution >= 0.6 is 23.2 Å². The lowest BCUT2D eigenvalue weighted by atomic mass is 10.0. The topological polar surface area (TPSA) is 97.4 Å². The second-order valence-electron chi connectivity index (χ2n) is 6.75. The van der Waals surface area contributed by atoms with E-state index in [4.69, 9.17) is 27.9 Å². The second-order valence-corrected chi connectivity index (χ2v) is 7.60. The van der Waals surface area contributed by atoms with Crippen molar-refractivity contribution in [2.75, 3.05) is 5.32 Å². The highest BCUT2D eigenvalue weighted by molar-refractivity contribution is 6.36. The first-order valence-corrected chi connectivity index (χ1v) is 9.73. The number of hydrogen-bond donors (Lipinski definition) is 2. The van der Waals surface area contributed by atoms with Gasteiger partial charge in [0.1, 0.15) is 11.9 Å².